The Morgan fingerprint density at radius 3 is 2.78 bits per heavy atom. The molecule has 0 aliphatic heterocycles. The van der Waals surface area contributed by atoms with E-state index in [0.717, 1.165) is 0 Å². The van der Waals surface area contributed by atoms with Crippen molar-refractivity contribution < 1.29 is 14.3 Å². The molecule has 1 aromatic carbocycles. The minimum atomic E-state index is -1.09. The van der Waals surface area contributed by atoms with Crippen molar-refractivity contribution in [1.82, 2.24) is 4.98 Å². The maximum Gasteiger partial charge on any atom is 0.354 e. The van der Waals surface area contributed by atoms with Crippen LogP contribution in [0.2, 0.25) is 0 Å². The number of aromatic nitrogens is 1. The third-order valence-corrected chi connectivity index (χ3v) is 2.40. The maximum atomic E-state index is 13.1. The Labute approximate surface area is 103 Å². The van der Waals surface area contributed by atoms with Gasteiger partial charge < -0.3 is 10.4 Å². The lowest BCUT2D eigenvalue weighted by molar-refractivity contribution is 0.0690. The molecule has 5 heteroatoms. The molecule has 2 aromatic rings. The van der Waals surface area contributed by atoms with Gasteiger partial charge in [-0.25, -0.2) is 14.2 Å². The first-order chi connectivity index (χ1) is 8.56. The summed E-state index contributed by atoms with van der Waals surface area (Å²) >= 11 is 0. The van der Waals surface area contributed by atoms with Gasteiger partial charge in [-0.05, 0) is 42.8 Å². The van der Waals surface area contributed by atoms with Crippen molar-refractivity contribution in [2.24, 2.45) is 0 Å². The van der Waals surface area contributed by atoms with Crippen molar-refractivity contribution in [3.05, 3.63) is 53.5 Å². The number of nitrogens with one attached hydrogen (secondary N) is 1. The first kappa shape index (κ1) is 12.0. The molecule has 0 amide bonds. The van der Waals surface area contributed by atoms with Crippen LogP contribution in [0.5, 0.6) is 0 Å². The summed E-state index contributed by atoms with van der Waals surface area (Å²) in [5.74, 6) is -0.970. The highest BCUT2D eigenvalue weighted by atomic mass is 19.1. The van der Waals surface area contributed by atoms with Crippen LogP contribution >= 0.6 is 0 Å². The highest BCUT2D eigenvalue weighted by Gasteiger charge is 2.05. The molecule has 0 unspecified atom stereocenters. The molecule has 0 fully saturated rings. The number of carbonyl (C=O) groups is 1. The molecular formula is C13H11FN2O2. The molecule has 0 aliphatic rings. The van der Waals surface area contributed by atoms with Crippen molar-refractivity contribution in [3.8, 4) is 0 Å². The van der Waals surface area contributed by atoms with Gasteiger partial charge in [0.2, 0.25) is 0 Å². The largest absolute Gasteiger partial charge is 0.477 e. The Balaban J connectivity index is 2.25. The first-order valence-corrected chi connectivity index (χ1v) is 5.30. The van der Waals surface area contributed by atoms with Gasteiger partial charge in [0.1, 0.15) is 11.6 Å². The van der Waals surface area contributed by atoms with Crippen molar-refractivity contribution in [3.63, 3.8) is 0 Å². The SMILES string of the molecule is Cc1cc(Nc2cccc(C(=O)O)n2)ccc1F. The van der Waals surface area contributed by atoms with Crippen molar-refractivity contribution >= 4 is 17.5 Å². The minimum Gasteiger partial charge on any atom is -0.477 e. The molecule has 0 atom stereocenters. The zero-order valence-corrected chi connectivity index (χ0v) is 9.64. The van der Waals surface area contributed by atoms with Gasteiger partial charge >= 0.3 is 5.97 Å². The molecular weight excluding hydrogens is 235 g/mol. The van der Waals surface area contributed by atoms with Crippen LogP contribution in [0, 0.1) is 12.7 Å². The summed E-state index contributed by atoms with van der Waals surface area (Å²) in [7, 11) is 0. The smallest absolute Gasteiger partial charge is 0.354 e. The zero-order chi connectivity index (χ0) is 13.1. The lowest BCUT2D eigenvalue weighted by Crippen LogP contribution is -2.02. The Hall–Kier alpha value is -2.43. The molecule has 4 nitrogen and oxygen atoms in total. The van der Waals surface area contributed by atoms with Crippen molar-refractivity contribution in [2.45, 2.75) is 6.92 Å². The first-order valence-electron chi connectivity index (χ1n) is 5.30. The summed E-state index contributed by atoms with van der Waals surface area (Å²) in [5, 5.41) is 11.7. The summed E-state index contributed by atoms with van der Waals surface area (Å²) in [6.45, 7) is 1.65. The summed E-state index contributed by atoms with van der Waals surface area (Å²) in [5.41, 5.74) is 1.12. The normalized spacial score (nSPS) is 10.1. The molecule has 1 heterocycles. The second kappa shape index (κ2) is 4.83. The minimum absolute atomic E-state index is 0.0427. The number of benzene rings is 1. The fraction of sp³-hybridized carbons (Fsp3) is 0.0769. The van der Waals surface area contributed by atoms with Crippen LogP contribution < -0.4 is 5.32 Å². The second-order valence-electron chi connectivity index (χ2n) is 3.80. The number of carboxylic acids is 1. The molecule has 0 saturated carbocycles. The predicted molar refractivity (Wildman–Crippen MR) is 65.6 cm³/mol. The molecule has 18 heavy (non-hydrogen) atoms. The van der Waals surface area contributed by atoms with Crippen LogP contribution in [0.1, 0.15) is 16.1 Å². The molecule has 0 aliphatic carbocycles. The van der Waals surface area contributed by atoms with E-state index in [9.17, 15) is 9.18 Å². The number of aryl methyl sites for hydroxylation is 1. The summed E-state index contributed by atoms with van der Waals surface area (Å²) in [6.07, 6.45) is 0. The van der Waals surface area contributed by atoms with Crippen LogP contribution in [0.3, 0.4) is 0 Å². The maximum absolute atomic E-state index is 13.1. The average molecular weight is 246 g/mol. The van der Waals surface area contributed by atoms with E-state index in [2.05, 4.69) is 10.3 Å². The Kier molecular flexibility index (Phi) is 3.23. The Bertz CT molecular complexity index is 599. The Morgan fingerprint density at radius 1 is 1.33 bits per heavy atom. The van der Waals surface area contributed by atoms with E-state index in [1.165, 1.54) is 12.1 Å². The fourth-order valence-electron chi connectivity index (χ4n) is 1.49. The van der Waals surface area contributed by atoms with Gasteiger partial charge in [0.15, 0.2) is 5.69 Å². The fourth-order valence-corrected chi connectivity index (χ4v) is 1.49. The summed E-state index contributed by atoms with van der Waals surface area (Å²) < 4.78 is 13.1. The van der Waals surface area contributed by atoms with Crippen molar-refractivity contribution in [1.29, 1.82) is 0 Å². The molecule has 2 N–H and O–H groups in total. The number of carboxylic acid groups (broad SMARTS) is 1. The number of hydrogen-bond donors (Lipinski definition) is 2. The number of halogens is 1. The second-order valence-corrected chi connectivity index (χ2v) is 3.80. The predicted octanol–water partition coefficient (Wildman–Crippen LogP) is 2.97. The van der Waals surface area contributed by atoms with Gasteiger partial charge in [-0.1, -0.05) is 6.07 Å². The molecule has 0 bridgehead atoms. The van der Waals surface area contributed by atoms with Crippen LogP contribution in [0.4, 0.5) is 15.9 Å². The topological polar surface area (TPSA) is 62.2 Å². The summed E-state index contributed by atoms with van der Waals surface area (Å²) in [4.78, 5) is 14.7. The van der Waals surface area contributed by atoms with Gasteiger partial charge in [-0.2, -0.15) is 0 Å². The van der Waals surface area contributed by atoms with E-state index in [4.69, 9.17) is 5.11 Å². The number of nitrogens with zero attached hydrogens (tertiary/aromatic N) is 1. The number of anilines is 2. The molecule has 0 spiro atoms. The number of rotatable bonds is 3. The van der Waals surface area contributed by atoms with E-state index in [-0.39, 0.29) is 11.5 Å². The van der Waals surface area contributed by atoms with Gasteiger partial charge in [0.05, 0.1) is 0 Å². The molecule has 0 saturated heterocycles. The quantitative estimate of drug-likeness (QED) is 0.874. The zero-order valence-electron chi connectivity index (χ0n) is 9.64. The third-order valence-electron chi connectivity index (χ3n) is 2.40. The number of hydrogen-bond acceptors (Lipinski definition) is 3. The van der Waals surface area contributed by atoms with E-state index >= 15 is 0 Å². The highest BCUT2D eigenvalue weighted by molar-refractivity contribution is 5.85. The van der Waals surface area contributed by atoms with E-state index in [0.29, 0.717) is 17.1 Å². The highest BCUT2D eigenvalue weighted by Crippen LogP contribution is 2.18. The average Bonchev–Trinajstić information content (AvgIpc) is 2.34. The van der Waals surface area contributed by atoms with Crippen molar-refractivity contribution in [2.75, 3.05) is 5.32 Å². The molecule has 2 rings (SSSR count). The van der Waals surface area contributed by atoms with Gasteiger partial charge in [-0.15, -0.1) is 0 Å². The lowest BCUT2D eigenvalue weighted by Gasteiger charge is -2.07. The number of pyridine rings is 1. The lowest BCUT2D eigenvalue weighted by atomic mass is 10.2. The van der Waals surface area contributed by atoms with E-state index < -0.39 is 5.97 Å². The number of aromatic carboxylic acids is 1. The van der Waals surface area contributed by atoms with E-state index in [1.807, 2.05) is 0 Å². The van der Waals surface area contributed by atoms with E-state index in [1.54, 1.807) is 31.2 Å². The molecule has 1 aromatic heterocycles. The Morgan fingerprint density at radius 2 is 2.11 bits per heavy atom. The third kappa shape index (κ3) is 2.63. The van der Waals surface area contributed by atoms with Crippen LogP contribution in [-0.2, 0) is 0 Å². The summed E-state index contributed by atoms with van der Waals surface area (Å²) in [6, 6.07) is 9.18. The van der Waals surface area contributed by atoms with Gasteiger partial charge in [0.25, 0.3) is 0 Å². The monoisotopic (exact) mass is 246 g/mol. The van der Waals surface area contributed by atoms with Crippen LogP contribution in [-0.4, -0.2) is 16.1 Å². The van der Waals surface area contributed by atoms with Gasteiger partial charge in [-0.3, -0.25) is 0 Å². The standard InChI is InChI=1S/C13H11FN2O2/c1-8-7-9(5-6-10(8)14)15-12-4-2-3-11(16-12)13(17)18/h2-7H,1H3,(H,15,16)(H,17,18). The van der Waals surface area contributed by atoms with Crippen LogP contribution in [0.15, 0.2) is 36.4 Å². The van der Waals surface area contributed by atoms with Crippen LogP contribution in [0.25, 0.3) is 0 Å². The molecule has 92 valence electrons. The molecule has 0 radical (unpaired) electrons. The van der Waals surface area contributed by atoms with Gasteiger partial charge in [0, 0.05) is 5.69 Å².